The molecular weight excluding hydrogens is 252 g/mol. The number of rotatable bonds is 9. The van der Waals surface area contributed by atoms with E-state index in [0.29, 0.717) is 0 Å². The van der Waals surface area contributed by atoms with E-state index in [1.54, 1.807) is 7.11 Å². The Morgan fingerprint density at radius 1 is 1.37 bits per heavy atom. The van der Waals surface area contributed by atoms with E-state index in [2.05, 4.69) is 38.6 Å². The van der Waals surface area contributed by atoms with Crippen LogP contribution in [0.5, 0.6) is 0 Å². The highest BCUT2D eigenvalue weighted by Crippen LogP contribution is 2.12. The van der Waals surface area contributed by atoms with Gasteiger partial charge in [-0.2, -0.15) is 0 Å². The van der Waals surface area contributed by atoms with Crippen molar-refractivity contribution in [3.05, 3.63) is 42.0 Å². The summed E-state index contributed by atoms with van der Waals surface area (Å²) in [6.45, 7) is 8.98. The monoisotopic (exact) mass is 278 g/mol. The average Bonchev–Trinajstić information content (AvgIpc) is 2.46. The Bertz CT molecular complexity index is 379. The van der Waals surface area contributed by atoms with Crippen molar-refractivity contribution in [3.8, 4) is 0 Å². The summed E-state index contributed by atoms with van der Waals surface area (Å²) in [5.41, 5.74) is 2.81. The molecule has 1 rings (SSSR count). The van der Waals surface area contributed by atoms with Gasteiger partial charge in [0.05, 0.1) is 5.73 Å². The quantitative estimate of drug-likeness (QED) is 0.643. The van der Waals surface area contributed by atoms with Crippen LogP contribution in [0.15, 0.2) is 30.8 Å². The van der Waals surface area contributed by atoms with E-state index in [1.807, 2.05) is 12.1 Å². The lowest BCUT2D eigenvalue weighted by Crippen LogP contribution is -2.33. The number of benzene rings is 1. The lowest BCUT2D eigenvalue weighted by atomic mass is 10.1. The van der Waals surface area contributed by atoms with E-state index in [1.165, 1.54) is 23.6 Å². The Morgan fingerprint density at radius 2 is 2.11 bits per heavy atom. The Kier molecular flexibility index (Phi) is 7.71. The smallest absolute Gasteiger partial charge is 0.204 e. The Balaban J connectivity index is 2.49. The van der Waals surface area contributed by atoms with Crippen molar-refractivity contribution in [2.75, 3.05) is 13.7 Å². The summed E-state index contributed by atoms with van der Waals surface area (Å²) in [6, 6.07) is 9.54. The van der Waals surface area contributed by atoms with E-state index in [4.69, 9.17) is 9.16 Å². The van der Waals surface area contributed by atoms with Crippen LogP contribution in [-0.4, -0.2) is 28.5 Å². The van der Waals surface area contributed by atoms with Crippen molar-refractivity contribution in [1.29, 1.82) is 0 Å². The van der Waals surface area contributed by atoms with Crippen LogP contribution in [0.25, 0.3) is 6.08 Å². The predicted molar refractivity (Wildman–Crippen MR) is 84.9 cm³/mol. The normalized spacial score (nSPS) is 14.1. The third kappa shape index (κ3) is 5.31. The second-order valence-corrected chi connectivity index (χ2v) is 7.72. The fraction of sp³-hybridized carbons (Fsp3) is 0.500. The van der Waals surface area contributed by atoms with Crippen LogP contribution in [0.2, 0.25) is 6.04 Å². The largest absolute Gasteiger partial charge is 0.417 e. The zero-order valence-corrected chi connectivity index (χ0v) is 13.5. The van der Waals surface area contributed by atoms with Gasteiger partial charge in [0.25, 0.3) is 0 Å². The molecule has 0 saturated heterocycles. The molecule has 0 fully saturated rings. The van der Waals surface area contributed by atoms with Gasteiger partial charge in [0.2, 0.25) is 9.04 Å². The molecule has 1 aromatic rings. The van der Waals surface area contributed by atoms with Crippen molar-refractivity contribution in [2.45, 2.75) is 38.5 Å². The highest BCUT2D eigenvalue weighted by molar-refractivity contribution is 6.53. The van der Waals surface area contributed by atoms with Crippen molar-refractivity contribution < 1.29 is 9.16 Å². The van der Waals surface area contributed by atoms with Crippen molar-refractivity contribution in [2.24, 2.45) is 0 Å². The average molecular weight is 278 g/mol. The van der Waals surface area contributed by atoms with Gasteiger partial charge in [-0.3, -0.25) is 0 Å². The second kappa shape index (κ2) is 9.07. The highest BCUT2D eigenvalue weighted by atomic mass is 28.3. The Morgan fingerprint density at radius 3 is 2.74 bits per heavy atom. The molecule has 0 aliphatic carbocycles. The third-order valence-electron chi connectivity index (χ3n) is 3.45. The number of hydrogen-bond acceptors (Lipinski definition) is 2. The molecule has 2 atom stereocenters. The molecule has 2 nitrogen and oxygen atoms in total. The molecule has 0 aliphatic heterocycles. The van der Waals surface area contributed by atoms with Gasteiger partial charge in [0, 0.05) is 13.7 Å². The summed E-state index contributed by atoms with van der Waals surface area (Å²) < 4.78 is 11.6. The molecule has 0 N–H and O–H groups in total. The van der Waals surface area contributed by atoms with Gasteiger partial charge in [-0.25, -0.2) is 0 Å². The van der Waals surface area contributed by atoms with Crippen molar-refractivity contribution in [1.82, 2.24) is 0 Å². The molecule has 0 radical (unpaired) electrons. The fourth-order valence-electron chi connectivity index (χ4n) is 2.17. The lowest BCUT2D eigenvalue weighted by molar-refractivity contribution is 0.150. The van der Waals surface area contributed by atoms with Crippen LogP contribution in [0, 0.1) is 0 Å². The van der Waals surface area contributed by atoms with Gasteiger partial charge in [-0.05, 0) is 30.5 Å². The number of ether oxygens (including phenoxy) is 1. The van der Waals surface area contributed by atoms with Crippen molar-refractivity contribution >= 4 is 15.1 Å². The molecule has 1 aromatic carbocycles. The molecule has 3 heteroatoms. The number of hydrogen-bond donors (Lipinski definition) is 0. The van der Waals surface area contributed by atoms with E-state index >= 15 is 0 Å². The topological polar surface area (TPSA) is 18.5 Å². The molecule has 0 saturated carbocycles. The first-order valence-electron chi connectivity index (χ1n) is 7.07. The first-order valence-corrected chi connectivity index (χ1v) is 9.03. The predicted octanol–water partition coefficient (Wildman–Crippen LogP) is 3.60. The van der Waals surface area contributed by atoms with Crippen LogP contribution in [-0.2, 0) is 15.6 Å². The zero-order chi connectivity index (χ0) is 14.1. The summed E-state index contributed by atoms with van der Waals surface area (Å²) in [6.07, 6.45) is 4.04. The maximum absolute atomic E-state index is 6.12. The second-order valence-electron chi connectivity index (χ2n) is 4.79. The molecule has 0 heterocycles. The molecule has 0 aromatic heterocycles. The summed E-state index contributed by atoms with van der Waals surface area (Å²) in [7, 11) is 0.533. The molecule has 19 heavy (non-hydrogen) atoms. The third-order valence-corrected chi connectivity index (χ3v) is 6.58. The zero-order valence-electron chi connectivity index (χ0n) is 12.4. The first kappa shape index (κ1) is 16.2. The fourth-order valence-corrected chi connectivity index (χ4v) is 4.37. The van der Waals surface area contributed by atoms with E-state index in [0.717, 1.165) is 13.0 Å². The van der Waals surface area contributed by atoms with Crippen LogP contribution >= 0.6 is 0 Å². The van der Waals surface area contributed by atoms with Gasteiger partial charge >= 0.3 is 0 Å². The minimum absolute atomic E-state index is 0.287. The van der Waals surface area contributed by atoms with Gasteiger partial charge in [-0.15, -0.1) is 0 Å². The Hall–Kier alpha value is -0.903. The summed E-state index contributed by atoms with van der Waals surface area (Å²) in [5.74, 6) is 0. The minimum atomic E-state index is -1.24. The maximum Gasteiger partial charge on any atom is 0.204 e. The summed E-state index contributed by atoms with van der Waals surface area (Å²) >= 11 is 0. The van der Waals surface area contributed by atoms with E-state index in [9.17, 15) is 0 Å². The maximum atomic E-state index is 6.12. The highest BCUT2D eigenvalue weighted by Gasteiger charge is 2.19. The van der Waals surface area contributed by atoms with E-state index < -0.39 is 9.04 Å². The van der Waals surface area contributed by atoms with Gasteiger partial charge in [0.15, 0.2) is 0 Å². The Labute approximate surface area is 119 Å². The number of methoxy groups -OCH3 is 1. The minimum Gasteiger partial charge on any atom is -0.417 e. The van der Waals surface area contributed by atoms with Crippen LogP contribution in [0.4, 0.5) is 0 Å². The van der Waals surface area contributed by atoms with Crippen molar-refractivity contribution in [3.63, 3.8) is 0 Å². The molecule has 0 bridgehead atoms. The first-order chi connectivity index (χ1) is 9.22. The van der Waals surface area contributed by atoms with Gasteiger partial charge < -0.3 is 9.16 Å². The molecule has 0 amide bonds. The SMILES string of the molecule is C=Cc1ccccc1CCO[SiH](CCC)C(C)OC. The van der Waals surface area contributed by atoms with Gasteiger partial charge in [-0.1, -0.05) is 50.3 Å². The van der Waals surface area contributed by atoms with Gasteiger partial charge in [0.1, 0.15) is 0 Å². The molecule has 106 valence electrons. The summed E-state index contributed by atoms with van der Waals surface area (Å²) in [4.78, 5) is 0. The molecular formula is C16H26O2Si. The van der Waals surface area contributed by atoms with Crippen LogP contribution in [0.3, 0.4) is 0 Å². The molecule has 0 aliphatic rings. The molecule has 0 spiro atoms. The lowest BCUT2D eigenvalue weighted by Gasteiger charge is -2.21. The van der Waals surface area contributed by atoms with Crippen LogP contribution < -0.4 is 0 Å². The standard InChI is InChI=1S/C16H26O2Si/c1-5-13-19(14(3)17-4)18-12-11-16-10-8-7-9-15(16)6-2/h6-10,14,19H,2,5,11-13H2,1,3-4H3. The molecule has 2 unspecified atom stereocenters. The van der Waals surface area contributed by atoms with Crippen LogP contribution in [0.1, 0.15) is 31.4 Å². The van der Waals surface area contributed by atoms with E-state index in [-0.39, 0.29) is 5.73 Å². The summed E-state index contributed by atoms with van der Waals surface area (Å²) in [5, 5.41) is 0.